The molecular formula is C12H17N5O2S. The molecule has 1 saturated carbocycles. The van der Waals surface area contributed by atoms with Gasteiger partial charge < -0.3 is 4.57 Å². The third-order valence-electron chi connectivity index (χ3n) is 3.54. The van der Waals surface area contributed by atoms with E-state index in [0.29, 0.717) is 12.2 Å². The van der Waals surface area contributed by atoms with Gasteiger partial charge >= 0.3 is 0 Å². The Hall–Kier alpha value is -1.67. The normalized spacial score (nSPS) is 15.9. The predicted octanol–water partition coefficient (Wildman–Crippen LogP) is 0.805. The maximum Gasteiger partial charge on any atom is 0.247 e. The molecule has 0 bridgehead atoms. The van der Waals surface area contributed by atoms with Crippen LogP contribution in [0.3, 0.4) is 0 Å². The molecule has 0 amide bonds. The van der Waals surface area contributed by atoms with E-state index < -0.39 is 10.0 Å². The topological polar surface area (TPSA) is 83.9 Å². The van der Waals surface area contributed by atoms with Gasteiger partial charge in [-0.2, -0.15) is 9.40 Å². The van der Waals surface area contributed by atoms with Gasteiger partial charge in [0, 0.05) is 25.5 Å². The summed E-state index contributed by atoms with van der Waals surface area (Å²) < 4.78 is 28.9. The maximum atomic E-state index is 12.8. The van der Waals surface area contributed by atoms with Gasteiger partial charge in [-0.25, -0.2) is 13.4 Å². The van der Waals surface area contributed by atoms with E-state index in [9.17, 15) is 8.42 Å². The lowest BCUT2D eigenvalue weighted by atomic mass is 10.5. The van der Waals surface area contributed by atoms with E-state index in [4.69, 9.17) is 0 Å². The van der Waals surface area contributed by atoms with Crippen molar-refractivity contribution in [3.8, 4) is 0 Å². The highest BCUT2D eigenvalue weighted by molar-refractivity contribution is 7.89. The van der Waals surface area contributed by atoms with Gasteiger partial charge in [0.05, 0.1) is 18.4 Å². The van der Waals surface area contributed by atoms with Crippen LogP contribution in [0.25, 0.3) is 0 Å². The van der Waals surface area contributed by atoms with Crippen LogP contribution < -0.4 is 0 Å². The monoisotopic (exact) mass is 295 g/mol. The van der Waals surface area contributed by atoms with Crippen molar-refractivity contribution in [3.05, 3.63) is 30.1 Å². The first-order valence-electron chi connectivity index (χ1n) is 6.48. The first-order chi connectivity index (χ1) is 9.50. The molecule has 20 heavy (non-hydrogen) atoms. The zero-order valence-corrected chi connectivity index (χ0v) is 12.3. The molecule has 1 N–H and O–H groups in total. The second-order valence-electron chi connectivity index (χ2n) is 5.10. The number of aromatic amines is 1. The standard InChI is InChI=1S/C12H17N5O2S/c1-9-11(7-14-15-9)20(18,19)17(10-3-4-10)8-12-13-5-6-16(12)2/h5-7,10H,3-4,8H2,1-2H3,(H,14,15). The highest BCUT2D eigenvalue weighted by Crippen LogP contribution is 2.33. The van der Waals surface area contributed by atoms with E-state index in [2.05, 4.69) is 15.2 Å². The summed E-state index contributed by atoms with van der Waals surface area (Å²) >= 11 is 0. The molecule has 1 aliphatic rings. The molecule has 0 aromatic carbocycles. The highest BCUT2D eigenvalue weighted by Gasteiger charge is 2.39. The molecular weight excluding hydrogens is 278 g/mol. The summed E-state index contributed by atoms with van der Waals surface area (Å²) in [6.07, 6.45) is 6.67. The van der Waals surface area contributed by atoms with Crippen LogP contribution in [0.1, 0.15) is 24.4 Å². The lowest BCUT2D eigenvalue weighted by Gasteiger charge is -2.21. The average Bonchev–Trinajstić information content (AvgIpc) is 3.00. The minimum atomic E-state index is -3.53. The fourth-order valence-corrected chi connectivity index (χ4v) is 3.95. The summed E-state index contributed by atoms with van der Waals surface area (Å²) in [6.45, 7) is 2.01. The van der Waals surface area contributed by atoms with Crippen LogP contribution in [0.15, 0.2) is 23.5 Å². The van der Waals surface area contributed by atoms with Crippen LogP contribution in [0, 0.1) is 6.92 Å². The molecule has 2 aromatic rings. The number of nitrogens with zero attached hydrogens (tertiary/aromatic N) is 4. The summed E-state index contributed by atoms with van der Waals surface area (Å²) in [4.78, 5) is 4.47. The molecule has 0 atom stereocenters. The van der Waals surface area contributed by atoms with E-state index in [0.717, 1.165) is 18.7 Å². The molecule has 2 aromatic heterocycles. The van der Waals surface area contributed by atoms with Crippen molar-refractivity contribution in [2.24, 2.45) is 7.05 Å². The molecule has 2 heterocycles. The fourth-order valence-electron chi connectivity index (χ4n) is 2.19. The Morgan fingerprint density at radius 1 is 1.50 bits per heavy atom. The quantitative estimate of drug-likeness (QED) is 0.884. The molecule has 8 heteroatoms. The maximum absolute atomic E-state index is 12.8. The Morgan fingerprint density at radius 2 is 2.25 bits per heavy atom. The van der Waals surface area contributed by atoms with Crippen LogP contribution in [-0.4, -0.2) is 38.5 Å². The van der Waals surface area contributed by atoms with E-state index in [1.807, 2.05) is 17.8 Å². The second-order valence-corrected chi connectivity index (χ2v) is 6.95. The van der Waals surface area contributed by atoms with Crippen molar-refractivity contribution < 1.29 is 8.42 Å². The zero-order valence-electron chi connectivity index (χ0n) is 11.4. The van der Waals surface area contributed by atoms with Gasteiger partial charge in [0.2, 0.25) is 10.0 Å². The molecule has 108 valence electrons. The third-order valence-corrected chi connectivity index (χ3v) is 5.55. The van der Waals surface area contributed by atoms with Gasteiger partial charge in [-0.1, -0.05) is 0 Å². The number of rotatable bonds is 5. The number of imidazole rings is 1. The molecule has 1 aliphatic carbocycles. The summed E-state index contributed by atoms with van der Waals surface area (Å²) in [7, 11) is -1.67. The molecule has 0 unspecified atom stereocenters. The molecule has 0 spiro atoms. The summed E-state index contributed by atoms with van der Waals surface area (Å²) in [6, 6.07) is 0.0750. The highest BCUT2D eigenvalue weighted by atomic mass is 32.2. The molecule has 3 rings (SSSR count). The largest absolute Gasteiger partial charge is 0.337 e. The minimum Gasteiger partial charge on any atom is -0.337 e. The summed E-state index contributed by atoms with van der Waals surface area (Å²) in [5.74, 6) is 0.738. The number of nitrogens with one attached hydrogen (secondary N) is 1. The first kappa shape index (κ1) is 13.3. The molecule has 0 saturated heterocycles. The summed E-state index contributed by atoms with van der Waals surface area (Å²) in [5.41, 5.74) is 0.565. The van der Waals surface area contributed by atoms with Crippen molar-refractivity contribution in [2.45, 2.75) is 37.2 Å². The van der Waals surface area contributed by atoms with Crippen LogP contribution in [0.2, 0.25) is 0 Å². The SMILES string of the molecule is Cc1[nH]ncc1S(=O)(=O)N(Cc1nccn1C)C1CC1. The lowest BCUT2D eigenvalue weighted by Crippen LogP contribution is -2.33. The zero-order chi connectivity index (χ0) is 14.3. The second kappa shape index (κ2) is 4.71. The van der Waals surface area contributed by atoms with E-state index in [1.54, 1.807) is 13.1 Å². The van der Waals surface area contributed by atoms with Crippen molar-refractivity contribution >= 4 is 10.0 Å². The van der Waals surface area contributed by atoms with Crippen molar-refractivity contribution in [2.75, 3.05) is 0 Å². The smallest absolute Gasteiger partial charge is 0.247 e. The molecule has 0 aliphatic heterocycles. The number of hydrogen-bond donors (Lipinski definition) is 1. The Kier molecular flexibility index (Phi) is 3.14. The first-order valence-corrected chi connectivity index (χ1v) is 7.92. The Bertz CT molecular complexity index is 714. The van der Waals surface area contributed by atoms with E-state index in [1.165, 1.54) is 10.5 Å². The average molecular weight is 295 g/mol. The van der Waals surface area contributed by atoms with E-state index in [-0.39, 0.29) is 10.9 Å². The minimum absolute atomic E-state index is 0.0750. The number of H-pyrrole nitrogens is 1. The van der Waals surface area contributed by atoms with E-state index >= 15 is 0 Å². The third kappa shape index (κ3) is 2.25. The van der Waals surface area contributed by atoms with Crippen molar-refractivity contribution in [3.63, 3.8) is 0 Å². The van der Waals surface area contributed by atoms with Crippen molar-refractivity contribution in [1.82, 2.24) is 24.1 Å². The van der Waals surface area contributed by atoms with Gasteiger partial charge in [-0.15, -0.1) is 0 Å². The van der Waals surface area contributed by atoms with Gasteiger partial charge in [-0.05, 0) is 19.8 Å². The van der Waals surface area contributed by atoms with Gasteiger partial charge in [-0.3, -0.25) is 5.10 Å². The van der Waals surface area contributed by atoms with Crippen LogP contribution >= 0.6 is 0 Å². The van der Waals surface area contributed by atoms with Gasteiger partial charge in [0.25, 0.3) is 0 Å². The van der Waals surface area contributed by atoms with Crippen LogP contribution in [-0.2, 0) is 23.6 Å². The Morgan fingerprint density at radius 3 is 2.75 bits per heavy atom. The molecule has 7 nitrogen and oxygen atoms in total. The van der Waals surface area contributed by atoms with Gasteiger partial charge in [0.1, 0.15) is 10.7 Å². The lowest BCUT2D eigenvalue weighted by molar-refractivity contribution is 0.385. The van der Waals surface area contributed by atoms with Crippen LogP contribution in [0.4, 0.5) is 0 Å². The predicted molar refractivity (Wildman–Crippen MR) is 72.3 cm³/mol. The number of aromatic nitrogens is 4. The number of hydrogen-bond acceptors (Lipinski definition) is 4. The molecule has 0 radical (unpaired) electrons. The van der Waals surface area contributed by atoms with Crippen molar-refractivity contribution in [1.29, 1.82) is 0 Å². The van der Waals surface area contributed by atoms with Gasteiger partial charge in [0.15, 0.2) is 0 Å². The van der Waals surface area contributed by atoms with Crippen LogP contribution in [0.5, 0.6) is 0 Å². The number of aryl methyl sites for hydroxylation is 2. The Balaban J connectivity index is 1.95. The molecule has 1 fully saturated rings. The fraction of sp³-hybridized carbons (Fsp3) is 0.500. The Labute approximate surface area is 117 Å². The summed E-state index contributed by atoms with van der Waals surface area (Å²) in [5, 5.41) is 6.50. The number of sulfonamides is 1.